The molecule has 0 saturated carbocycles. The van der Waals surface area contributed by atoms with Crippen LogP contribution >= 0.6 is 0 Å². The van der Waals surface area contributed by atoms with Gasteiger partial charge in [0.2, 0.25) is 11.7 Å². The number of fused-ring (bicyclic) bond motifs is 1. The van der Waals surface area contributed by atoms with E-state index in [1.807, 2.05) is 12.1 Å². The molecule has 0 aromatic heterocycles. The molecule has 0 bridgehead atoms. The molecule has 11 nitrogen and oxygen atoms in total. The van der Waals surface area contributed by atoms with Crippen LogP contribution in [0.1, 0.15) is 22.7 Å². The zero-order chi connectivity index (χ0) is 29.5. The van der Waals surface area contributed by atoms with Crippen molar-refractivity contribution in [1.29, 1.82) is 0 Å². The van der Waals surface area contributed by atoms with Crippen LogP contribution in [0.2, 0.25) is 0 Å². The van der Waals surface area contributed by atoms with Gasteiger partial charge in [-0.2, -0.15) is 0 Å². The maximum absolute atomic E-state index is 13.6. The number of carbonyl (C=O) groups excluding carboxylic acids is 1. The van der Waals surface area contributed by atoms with E-state index in [0.717, 1.165) is 11.1 Å². The lowest BCUT2D eigenvalue weighted by Gasteiger charge is -2.37. The minimum atomic E-state index is -0.471. The molecular formula is C30H32N2O9. The summed E-state index contributed by atoms with van der Waals surface area (Å²) in [4.78, 5) is 25.9. The molecule has 3 aromatic carbocycles. The summed E-state index contributed by atoms with van der Waals surface area (Å²) in [5.41, 5.74) is 2.53. The zero-order valence-electron chi connectivity index (χ0n) is 23.5. The average molecular weight is 565 g/mol. The van der Waals surface area contributed by atoms with Crippen molar-refractivity contribution in [2.24, 2.45) is 0 Å². The van der Waals surface area contributed by atoms with E-state index in [4.69, 9.17) is 28.4 Å². The summed E-state index contributed by atoms with van der Waals surface area (Å²) in [7, 11) is 7.71. The van der Waals surface area contributed by atoms with E-state index in [9.17, 15) is 14.9 Å². The Morgan fingerprint density at radius 3 is 2.07 bits per heavy atom. The summed E-state index contributed by atoms with van der Waals surface area (Å²) in [6.45, 7) is 0.555. The number of methoxy groups -OCH3 is 5. The number of carbonyl (C=O) groups is 1. The van der Waals surface area contributed by atoms with Gasteiger partial charge in [0, 0.05) is 24.8 Å². The van der Waals surface area contributed by atoms with E-state index in [1.165, 1.54) is 51.7 Å². The first-order chi connectivity index (χ1) is 19.8. The number of hydrogen-bond donors (Lipinski definition) is 0. The summed E-state index contributed by atoms with van der Waals surface area (Å²) in [6, 6.07) is 12.6. The number of non-ortho nitro benzene ring substituents is 1. The van der Waals surface area contributed by atoms with Crippen LogP contribution in [0.25, 0.3) is 6.08 Å². The molecule has 1 amide bonds. The van der Waals surface area contributed by atoms with E-state index in [1.54, 1.807) is 37.3 Å². The van der Waals surface area contributed by atoms with Crippen LogP contribution in [0.3, 0.4) is 0 Å². The van der Waals surface area contributed by atoms with Crippen molar-refractivity contribution in [2.45, 2.75) is 12.5 Å². The fourth-order valence-corrected chi connectivity index (χ4v) is 4.77. The number of benzene rings is 3. The van der Waals surface area contributed by atoms with Gasteiger partial charge in [-0.05, 0) is 65.6 Å². The summed E-state index contributed by atoms with van der Waals surface area (Å²) in [6.07, 6.45) is 3.78. The van der Waals surface area contributed by atoms with Crippen molar-refractivity contribution >= 4 is 17.7 Å². The van der Waals surface area contributed by atoms with Gasteiger partial charge in [-0.25, -0.2) is 0 Å². The number of nitro benzene ring substituents is 1. The molecule has 0 saturated heterocycles. The van der Waals surface area contributed by atoms with Gasteiger partial charge in [0.05, 0.1) is 46.5 Å². The van der Waals surface area contributed by atoms with Crippen LogP contribution in [0, 0.1) is 10.1 Å². The molecule has 0 N–H and O–H groups in total. The van der Waals surface area contributed by atoms with Gasteiger partial charge in [-0.3, -0.25) is 14.9 Å². The first kappa shape index (κ1) is 29.1. The average Bonchev–Trinajstić information content (AvgIpc) is 3.00. The lowest BCUT2D eigenvalue weighted by atomic mass is 9.92. The van der Waals surface area contributed by atoms with Crippen molar-refractivity contribution < 1.29 is 38.1 Å². The van der Waals surface area contributed by atoms with Crippen molar-refractivity contribution in [3.8, 4) is 34.5 Å². The van der Waals surface area contributed by atoms with E-state index >= 15 is 0 Å². The minimum absolute atomic E-state index is 0.0362. The Morgan fingerprint density at radius 1 is 0.902 bits per heavy atom. The number of ether oxygens (including phenoxy) is 6. The van der Waals surface area contributed by atoms with E-state index in [0.29, 0.717) is 53.0 Å². The molecule has 11 heteroatoms. The quantitative estimate of drug-likeness (QED) is 0.183. The molecular weight excluding hydrogens is 532 g/mol. The maximum atomic E-state index is 13.6. The minimum Gasteiger partial charge on any atom is -0.493 e. The van der Waals surface area contributed by atoms with Crippen LogP contribution in [0.4, 0.5) is 5.69 Å². The van der Waals surface area contributed by atoms with E-state index in [2.05, 4.69) is 0 Å². The topological polar surface area (TPSA) is 119 Å². The number of hydrogen-bond acceptors (Lipinski definition) is 9. The van der Waals surface area contributed by atoms with Crippen LogP contribution in [-0.2, 0) is 11.2 Å². The van der Waals surface area contributed by atoms with Crippen LogP contribution < -0.4 is 28.4 Å². The Hall–Kier alpha value is -4.93. The second kappa shape index (κ2) is 12.9. The second-order valence-corrected chi connectivity index (χ2v) is 9.06. The van der Waals surface area contributed by atoms with E-state index in [-0.39, 0.29) is 18.2 Å². The third-order valence-electron chi connectivity index (χ3n) is 6.85. The third kappa shape index (κ3) is 6.29. The van der Waals surface area contributed by atoms with Gasteiger partial charge >= 0.3 is 0 Å². The van der Waals surface area contributed by atoms with Crippen LogP contribution in [0.15, 0.2) is 54.6 Å². The molecule has 4 rings (SSSR count). The first-order valence-electron chi connectivity index (χ1n) is 12.7. The largest absolute Gasteiger partial charge is 0.493 e. The van der Waals surface area contributed by atoms with Crippen LogP contribution in [-0.4, -0.2) is 64.4 Å². The van der Waals surface area contributed by atoms with Gasteiger partial charge in [0.1, 0.15) is 12.4 Å². The molecule has 41 heavy (non-hydrogen) atoms. The fraction of sp³-hybridized carbons (Fsp3) is 0.300. The third-order valence-corrected chi connectivity index (χ3v) is 6.85. The van der Waals surface area contributed by atoms with Gasteiger partial charge in [0.25, 0.3) is 5.69 Å². The number of nitrogens with zero attached hydrogens (tertiary/aromatic N) is 2. The highest BCUT2D eigenvalue weighted by Gasteiger charge is 2.32. The maximum Gasteiger partial charge on any atom is 0.269 e. The Balaban J connectivity index is 1.65. The predicted molar refractivity (Wildman–Crippen MR) is 151 cm³/mol. The predicted octanol–water partition coefficient (Wildman–Crippen LogP) is 4.86. The number of amides is 1. The number of rotatable bonds is 11. The second-order valence-electron chi connectivity index (χ2n) is 9.06. The number of nitro groups is 1. The smallest absolute Gasteiger partial charge is 0.269 e. The summed E-state index contributed by atoms with van der Waals surface area (Å²) in [5, 5.41) is 11.0. The lowest BCUT2D eigenvalue weighted by molar-refractivity contribution is -0.384. The molecule has 1 atom stereocenters. The lowest BCUT2D eigenvalue weighted by Crippen LogP contribution is -2.41. The van der Waals surface area contributed by atoms with E-state index < -0.39 is 11.0 Å². The summed E-state index contributed by atoms with van der Waals surface area (Å²) < 4.78 is 33.3. The SMILES string of the molecule is COc1cc2c(cc1OC)[C@@H](COc1ccc([N+](=O)[O-])cc1)N(C(=O)/C=C/c1cc(OC)c(OC)c(OC)c1)CC2. The zero-order valence-corrected chi connectivity index (χ0v) is 23.5. The highest BCUT2D eigenvalue weighted by atomic mass is 16.6. The molecule has 3 aromatic rings. The van der Waals surface area contributed by atoms with Crippen molar-refractivity contribution in [3.63, 3.8) is 0 Å². The monoisotopic (exact) mass is 564 g/mol. The van der Waals surface area contributed by atoms with Gasteiger partial charge < -0.3 is 33.3 Å². The Kier molecular flexibility index (Phi) is 9.18. The summed E-state index contributed by atoms with van der Waals surface area (Å²) in [5.74, 6) is 2.76. The van der Waals surface area contributed by atoms with Crippen LogP contribution in [0.5, 0.6) is 34.5 Å². The first-order valence-corrected chi connectivity index (χ1v) is 12.7. The molecule has 216 valence electrons. The molecule has 0 spiro atoms. The molecule has 0 unspecified atom stereocenters. The van der Waals surface area contributed by atoms with Gasteiger partial charge in [-0.15, -0.1) is 0 Å². The standard InChI is InChI=1S/C30H32N2O9/c1-36-25-16-20-12-13-31(29(33)11-6-19-14-27(38-3)30(40-5)28(15-19)39-4)24(23(20)17-26(25)37-2)18-41-22-9-7-21(8-10-22)32(34)35/h6-11,14-17,24H,12-13,18H2,1-5H3/b11-6+/t24-/m1/s1. The molecule has 0 fully saturated rings. The summed E-state index contributed by atoms with van der Waals surface area (Å²) >= 11 is 0. The Bertz CT molecular complexity index is 1410. The molecule has 1 aliphatic rings. The molecule has 0 aliphatic carbocycles. The molecule has 0 radical (unpaired) electrons. The normalized spacial score (nSPS) is 14.3. The Labute approximate surface area is 237 Å². The molecule has 1 heterocycles. The van der Waals surface area contributed by atoms with Gasteiger partial charge in [-0.1, -0.05) is 0 Å². The highest BCUT2D eigenvalue weighted by molar-refractivity contribution is 5.92. The Morgan fingerprint density at radius 2 is 1.51 bits per heavy atom. The molecule has 1 aliphatic heterocycles. The van der Waals surface area contributed by atoms with Crippen molar-refractivity contribution in [3.05, 3.63) is 81.4 Å². The van der Waals surface area contributed by atoms with Crippen molar-refractivity contribution in [1.82, 2.24) is 4.90 Å². The van der Waals surface area contributed by atoms with Crippen molar-refractivity contribution in [2.75, 3.05) is 48.7 Å². The highest BCUT2D eigenvalue weighted by Crippen LogP contribution is 2.40. The fourth-order valence-electron chi connectivity index (χ4n) is 4.77. The van der Waals surface area contributed by atoms with Gasteiger partial charge in [0.15, 0.2) is 23.0 Å².